The lowest BCUT2D eigenvalue weighted by molar-refractivity contribution is -0.121. The largest absolute Gasteiger partial charge is 0.355 e. The second-order valence-electron chi connectivity index (χ2n) is 4.41. The number of thiol groups is 1. The number of rotatable bonds is 4. The van der Waals surface area contributed by atoms with Crippen molar-refractivity contribution in [2.75, 3.05) is 6.54 Å². The summed E-state index contributed by atoms with van der Waals surface area (Å²) in [5.74, 6) is 1.91. The molecule has 0 radical (unpaired) electrons. The highest BCUT2D eigenvalue weighted by molar-refractivity contribution is 7.81. The van der Waals surface area contributed by atoms with E-state index in [4.69, 9.17) is 0 Å². The zero-order valence-electron chi connectivity index (χ0n) is 8.58. The van der Waals surface area contributed by atoms with Gasteiger partial charge in [0.2, 0.25) is 5.91 Å². The molecule has 0 bridgehead atoms. The summed E-state index contributed by atoms with van der Waals surface area (Å²) in [6.07, 6.45) is 1.26. The minimum Gasteiger partial charge on any atom is -0.355 e. The number of hydrogen-bond acceptors (Lipinski definition) is 2. The van der Waals surface area contributed by atoms with Gasteiger partial charge in [0.25, 0.3) is 0 Å². The minimum absolute atomic E-state index is 0.0810. The highest BCUT2D eigenvalue weighted by atomic mass is 32.1. The van der Waals surface area contributed by atoms with Gasteiger partial charge < -0.3 is 5.32 Å². The van der Waals surface area contributed by atoms with Crippen molar-refractivity contribution in [1.82, 2.24) is 5.32 Å². The Morgan fingerprint density at radius 2 is 2.15 bits per heavy atom. The van der Waals surface area contributed by atoms with Crippen LogP contribution in [-0.4, -0.2) is 17.7 Å². The van der Waals surface area contributed by atoms with Crippen molar-refractivity contribution in [3.8, 4) is 0 Å². The maximum atomic E-state index is 11.4. The molecule has 1 amide bonds. The third-order valence-corrected chi connectivity index (χ3v) is 3.55. The van der Waals surface area contributed by atoms with Crippen LogP contribution in [-0.2, 0) is 4.79 Å². The normalized spacial score (nSPS) is 28.7. The van der Waals surface area contributed by atoms with Gasteiger partial charge in [0, 0.05) is 6.54 Å². The van der Waals surface area contributed by atoms with E-state index >= 15 is 0 Å². The number of hydrogen-bond donors (Lipinski definition) is 2. The zero-order valence-corrected chi connectivity index (χ0v) is 9.47. The quantitative estimate of drug-likeness (QED) is 0.666. The van der Waals surface area contributed by atoms with Crippen LogP contribution in [0.25, 0.3) is 0 Å². The minimum atomic E-state index is -0.158. The van der Waals surface area contributed by atoms with Gasteiger partial charge >= 0.3 is 0 Å². The fourth-order valence-electron chi connectivity index (χ4n) is 1.32. The van der Waals surface area contributed by atoms with Crippen molar-refractivity contribution in [3.05, 3.63) is 0 Å². The Kier molecular flexibility index (Phi) is 3.65. The lowest BCUT2D eigenvalue weighted by Crippen LogP contribution is -2.35. The van der Waals surface area contributed by atoms with E-state index in [1.807, 2.05) is 13.8 Å². The predicted octanol–water partition coefficient (Wildman–Crippen LogP) is 1.71. The van der Waals surface area contributed by atoms with Crippen molar-refractivity contribution in [2.45, 2.75) is 32.4 Å². The van der Waals surface area contributed by atoms with Gasteiger partial charge in [-0.3, -0.25) is 4.79 Å². The van der Waals surface area contributed by atoms with Crippen LogP contribution in [0.5, 0.6) is 0 Å². The van der Waals surface area contributed by atoms with Crippen LogP contribution in [0.15, 0.2) is 0 Å². The molecule has 13 heavy (non-hydrogen) atoms. The van der Waals surface area contributed by atoms with E-state index in [9.17, 15) is 4.79 Å². The molecule has 76 valence electrons. The Bertz CT molecular complexity index is 193. The maximum absolute atomic E-state index is 11.4. The molecule has 3 atom stereocenters. The molecule has 0 aromatic carbocycles. The molecule has 0 aromatic rings. The molecule has 1 N–H and O–H groups in total. The van der Waals surface area contributed by atoms with Crippen molar-refractivity contribution in [1.29, 1.82) is 0 Å². The number of carbonyl (C=O) groups is 1. The summed E-state index contributed by atoms with van der Waals surface area (Å²) in [5.41, 5.74) is 0. The van der Waals surface area contributed by atoms with Gasteiger partial charge in [-0.15, -0.1) is 0 Å². The van der Waals surface area contributed by atoms with Gasteiger partial charge in [-0.2, -0.15) is 12.6 Å². The average molecular weight is 201 g/mol. The molecular formula is C10H19NOS. The first-order valence-electron chi connectivity index (χ1n) is 4.98. The Morgan fingerprint density at radius 1 is 1.62 bits per heavy atom. The number of nitrogens with one attached hydrogen (secondary N) is 1. The molecular weight excluding hydrogens is 182 g/mol. The fourth-order valence-corrected chi connectivity index (χ4v) is 1.41. The first kappa shape index (κ1) is 10.9. The van der Waals surface area contributed by atoms with Crippen LogP contribution >= 0.6 is 12.6 Å². The van der Waals surface area contributed by atoms with E-state index in [1.54, 1.807) is 0 Å². The molecule has 0 heterocycles. The summed E-state index contributed by atoms with van der Waals surface area (Å²) in [5, 5.41) is 2.78. The van der Waals surface area contributed by atoms with Crippen LogP contribution in [0.2, 0.25) is 0 Å². The number of carbonyl (C=O) groups excluding carboxylic acids is 1. The topological polar surface area (TPSA) is 29.1 Å². The molecule has 1 aliphatic rings. The van der Waals surface area contributed by atoms with Gasteiger partial charge in [0.15, 0.2) is 0 Å². The molecule has 0 saturated heterocycles. The monoisotopic (exact) mass is 201 g/mol. The smallest absolute Gasteiger partial charge is 0.233 e. The second-order valence-corrected chi connectivity index (χ2v) is 4.96. The Balaban J connectivity index is 2.17. The highest BCUT2D eigenvalue weighted by Crippen LogP contribution is 2.36. The van der Waals surface area contributed by atoms with Crippen LogP contribution in [0.1, 0.15) is 27.2 Å². The molecule has 1 rings (SSSR count). The SMILES string of the molecule is CC(C)C(S)C(=O)NCC1CC1C. The molecule has 1 aliphatic carbocycles. The first-order chi connectivity index (χ1) is 6.02. The van der Waals surface area contributed by atoms with E-state index in [1.165, 1.54) is 6.42 Å². The predicted molar refractivity (Wildman–Crippen MR) is 57.9 cm³/mol. The summed E-state index contributed by atoms with van der Waals surface area (Å²) in [6.45, 7) is 7.08. The molecule has 3 heteroatoms. The summed E-state index contributed by atoms with van der Waals surface area (Å²) in [4.78, 5) is 11.4. The van der Waals surface area contributed by atoms with Gasteiger partial charge in [-0.25, -0.2) is 0 Å². The van der Waals surface area contributed by atoms with E-state index < -0.39 is 0 Å². The van der Waals surface area contributed by atoms with E-state index in [0.29, 0.717) is 5.92 Å². The maximum Gasteiger partial charge on any atom is 0.233 e. The lowest BCUT2D eigenvalue weighted by atomic mass is 10.1. The zero-order chi connectivity index (χ0) is 10.0. The summed E-state index contributed by atoms with van der Waals surface area (Å²) in [6, 6.07) is 0. The third-order valence-electron chi connectivity index (χ3n) is 2.71. The van der Waals surface area contributed by atoms with Crippen LogP contribution in [0, 0.1) is 17.8 Å². The third kappa shape index (κ3) is 3.22. The standard InChI is InChI=1S/C10H19NOS/c1-6(2)9(13)10(12)11-5-8-4-7(8)3/h6-9,13H,4-5H2,1-3H3,(H,11,12). The van der Waals surface area contributed by atoms with Crippen molar-refractivity contribution in [3.63, 3.8) is 0 Å². The van der Waals surface area contributed by atoms with Gasteiger partial charge in [-0.1, -0.05) is 20.8 Å². The molecule has 0 aromatic heterocycles. The second kappa shape index (κ2) is 4.36. The average Bonchev–Trinajstić information content (AvgIpc) is 2.76. The Hall–Kier alpha value is -0.180. The van der Waals surface area contributed by atoms with Gasteiger partial charge in [0.1, 0.15) is 0 Å². The number of amides is 1. The van der Waals surface area contributed by atoms with E-state index in [-0.39, 0.29) is 11.2 Å². The Morgan fingerprint density at radius 3 is 2.54 bits per heavy atom. The molecule has 1 saturated carbocycles. The highest BCUT2D eigenvalue weighted by Gasteiger charge is 2.32. The molecule has 0 spiro atoms. The summed E-state index contributed by atoms with van der Waals surface area (Å²) >= 11 is 4.25. The summed E-state index contributed by atoms with van der Waals surface area (Å²) < 4.78 is 0. The molecule has 3 unspecified atom stereocenters. The first-order valence-corrected chi connectivity index (χ1v) is 5.49. The van der Waals surface area contributed by atoms with Crippen LogP contribution in [0.4, 0.5) is 0 Å². The van der Waals surface area contributed by atoms with Crippen molar-refractivity contribution < 1.29 is 4.79 Å². The van der Waals surface area contributed by atoms with Crippen molar-refractivity contribution in [2.24, 2.45) is 17.8 Å². The summed E-state index contributed by atoms with van der Waals surface area (Å²) in [7, 11) is 0. The molecule has 2 nitrogen and oxygen atoms in total. The van der Waals surface area contributed by atoms with E-state index in [0.717, 1.165) is 18.4 Å². The van der Waals surface area contributed by atoms with E-state index in [2.05, 4.69) is 24.9 Å². The van der Waals surface area contributed by atoms with Crippen LogP contribution < -0.4 is 5.32 Å². The van der Waals surface area contributed by atoms with Crippen LogP contribution in [0.3, 0.4) is 0 Å². The van der Waals surface area contributed by atoms with Crippen molar-refractivity contribution >= 4 is 18.5 Å². The Labute approximate surface area is 85.9 Å². The van der Waals surface area contributed by atoms with Gasteiger partial charge in [0.05, 0.1) is 5.25 Å². The van der Waals surface area contributed by atoms with Gasteiger partial charge in [-0.05, 0) is 24.2 Å². The lowest BCUT2D eigenvalue weighted by Gasteiger charge is -2.14. The fraction of sp³-hybridized carbons (Fsp3) is 0.900. The molecule has 1 fully saturated rings. The molecule has 0 aliphatic heterocycles.